The third-order valence-electron chi connectivity index (χ3n) is 2.92. The Morgan fingerprint density at radius 3 is 2.52 bits per heavy atom. The van der Waals surface area contributed by atoms with Crippen molar-refractivity contribution in [3.05, 3.63) is 41.7 Å². The molecule has 1 aromatic heterocycles. The number of benzene rings is 1. The summed E-state index contributed by atoms with van der Waals surface area (Å²) in [5.74, 6) is 2.87. The Labute approximate surface area is 124 Å². The third-order valence-corrected chi connectivity index (χ3v) is 2.92. The monoisotopic (exact) mass is 282 g/mol. The second kappa shape index (κ2) is 6.71. The minimum absolute atomic E-state index is 0.221. The van der Waals surface area contributed by atoms with Gasteiger partial charge in [0.15, 0.2) is 0 Å². The van der Waals surface area contributed by atoms with Crippen LogP contribution >= 0.6 is 0 Å². The molecule has 0 radical (unpaired) electrons. The molecular formula is C16H18N4O. The molecule has 2 aromatic rings. The zero-order chi connectivity index (χ0) is 15.2. The van der Waals surface area contributed by atoms with Gasteiger partial charge in [0.2, 0.25) is 5.88 Å². The number of ether oxygens (including phenoxy) is 1. The lowest BCUT2D eigenvalue weighted by atomic mass is 10.2. The van der Waals surface area contributed by atoms with Gasteiger partial charge in [0.1, 0.15) is 17.4 Å². The van der Waals surface area contributed by atoms with Crippen molar-refractivity contribution < 1.29 is 4.74 Å². The van der Waals surface area contributed by atoms with Crippen molar-refractivity contribution in [2.75, 3.05) is 12.4 Å². The van der Waals surface area contributed by atoms with E-state index in [1.165, 1.54) is 0 Å². The van der Waals surface area contributed by atoms with E-state index in [1.54, 1.807) is 6.07 Å². The number of nitrogens with zero attached hydrogens (tertiary/aromatic N) is 3. The summed E-state index contributed by atoms with van der Waals surface area (Å²) in [6, 6.07) is 11.3. The maximum atomic E-state index is 8.66. The molecule has 108 valence electrons. The molecule has 0 bridgehead atoms. The topological polar surface area (TPSA) is 70.8 Å². The van der Waals surface area contributed by atoms with Crippen molar-refractivity contribution in [3.63, 3.8) is 0 Å². The Morgan fingerprint density at radius 1 is 1.24 bits per heavy atom. The predicted octanol–water partition coefficient (Wildman–Crippen LogP) is 3.50. The Balaban J connectivity index is 2.22. The van der Waals surface area contributed by atoms with Crippen LogP contribution in [0.5, 0.6) is 11.6 Å². The summed E-state index contributed by atoms with van der Waals surface area (Å²) in [4.78, 5) is 8.80. The number of nitrogens with one attached hydrogen (secondary N) is 1. The molecule has 0 fully saturated rings. The first-order valence-electron chi connectivity index (χ1n) is 6.83. The van der Waals surface area contributed by atoms with Crippen LogP contribution in [0.25, 0.3) is 0 Å². The Kier molecular flexibility index (Phi) is 4.72. The maximum Gasteiger partial charge on any atom is 0.224 e. The molecule has 0 unspecified atom stereocenters. The van der Waals surface area contributed by atoms with Crippen LogP contribution in [0.1, 0.15) is 31.2 Å². The van der Waals surface area contributed by atoms with Crippen LogP contribution in [0.15, 0.2) is 30.3 Å². The molecule has 1 heterocycles. The zero-order valence-corrected chi connectivity index (χ0v) is 12.4. The molecule has 0 aliphatic carbocycles. The van der Waals surface area contributed by atoms with Gasteiger partial charge in [0, 0.05) is 19.0 Å². The Bertz CT molecular complexity index is 644. The van der Waals surface area contributed by atoms with E-state index in [-0.39, 0.29) is 5.92 Å². The van der Waals surface area contributed by atoms with Crippen LogP contribution in [0.4, 0.5) is 5.82 Å². The number of rotatable bonds is 5. The fraction of sp³-hybridized carbons (Fsp3) is 0.312. The quantitative estimate of drug-likeness (QED) is 0.908. The first-order valence-corrected chi connectivity index (χ1v) is 6.83. The lowest BCUT2D eigenvalue weighted by Crippen LogP contribution is -2.03. The molecule has 2 rings (SSSR count). The average molecular weight is 282 g/mol. The fourth-order valence-electron chi connectivity index (χ4n) is 1.77. The summed E-state index contributed by atoms with van der Waals surface area (Å²) in [5, 5.41) is 11.7. The number of hydrogen-bond donors (Lipinski definition) is 1. The molecule has 5 heteroatoms. The number of aromatic nitrogens is 2. The van der Waals surface area contributed by atoms with Crippen LogP contribution in [0.2, 0.25) is 0 Å². The minimum Gasteiger partial charge on any atom is -0.439 e. The van der Waals surface area contributed by atoms with Crippen molar-refractivity contribution in [1.82, 2.24) is 9.97 Å². The van der Waals surface area contributed by atoms with Gasteiger partial charge < -0.3 is 10.1 Å². The molecule has 0 aliphatic heterocycles. The van der Waals surface area contributed by atoms with Gasteiger partial charge in [-0.15, -0.1) is 0 Å². The molecule has 21 heavy (non-hydrogen) atoms. The highest BCUT2D eigenvalue weighted by Crippen LogP contribution is 2.24. The normalized spacial score (nSPS) is 10.2. The molecule has 1 aromatic carbocycles. The van der Waals surface area contributed by atoms with Crippen molar-refractivity contribution in [2.45, 2.75) is 26.2 Å². The third kappa shape index (κ3) is 3.93. The standard InChI is InChI=1S/C16H18N4O/c1-11(2)16-19-14(18-3)10-15(20-16)21-13-6-4-12(5-7-13)8-9-17/h4-7,10-11H,8H2,1-3H3,(H,18,19,20). The van der Waals surface area contributed by atoms with Gasteiger partial charge in [-0.05, 0) is 17.7 Å². The van der Waals surface area contributed by atoms with Crippen LogP contribution in [-0.2, 0) is 6.42 Å². The van der Waals surface area contributed by atoms with E-state index in [4.69, 9.17) is 10.00 Å². The molecular weight excluding hydrogens is 264 g/mol. The summed E-state index contributed by atoms with van der Waals surface area (Å²) in [7, 11) is 1.81. The van der Waals surface area contributed by atoms with E-state index < -0.39 is 0 Å². The Morgan fingerprint density at radius 2 is 1.95 bits per heavy atom. The van der Waals surface area contributed by atoms with Crippen LogP contribution in [0.3, 0.4) is 0 Å². The number of anilines is 1. The summed E-state index contributed by atoms with van der Waals surface area (Å²) < 4.78 is 5.77. The summed E-state index contributed by atoms with van der Waals surface area (Å²) in [6.07, 6.45) is 0.398. The van der Waals surface area contributed by atoms with Crippen LogP contribution in [-0.4, -0.2) is 17.0 Å². The predicted molar refractivity (Wildman–Crippen MR) is 81.5 cm³/mol. The molecule has 5 nitrogen and oxygen atoms in total. The molecule has 1 N–H and O–H groups in total. The van der Waals surface area contributed by atoms with E-state index in [9.17, 15) is 0 Å². The van der Waals surface area contributed by atoms with Gasteiger partial charge in [-0.3, -0.25) is 0 Å². The second-order valence-electron chi connectivity index (χ2n) is 4.94. The summed E-state index contributed by atoms with van der Waals surface area (Å²) in [5.41, 5.74) is 0.964. The van der Waals surface area contributed by atoms with E-state index in [1.807, 2.05) is 45.2 Å². The highest BCUT2D eigenvalue weighted by atomic mass is 16.5. The van der Waals surface area contributed by atoms with Gasteiger partial charge in [0.25, 0.3) is 0 Å². The molecule has 0 atom stereocenters. The average Bonchev–Trinajstić information content (AvgIpc) is 2.49. The Hall–Kier alpha value is -2.61. The van der Waals surface area contributed by atoms with Crippen molar-refractivity contribution >= 4 is 5.82 Å². The zero-order valence-electron chi connectivity index (χ0n) is 12.4. The van der Waals surface area contributed by atoms with Crippen molar-refractivity contribution in [1.29, 1.82) is 5.26 Å². The highest BCUT2D eigenvalue weighted by Gasteiger charge is 2.09. The van der Waals surface area contributed by atoms with E-state index >= 15 is 0 Å². The van der Waals surface area contributed by atoms with Crippen molar-refractivity contribution in [2.24, 2.45) is 0 Å². The summed E-state index contributed by atoms with van der Waals surface area (Å²) in [6.45, 7) is 4.07. The van der Waals surface area contributed by atoms with Gasteiger partial charge in [-0.1, -0.05) is 26.0 Å². The molecule has 0 amide bonds. The van der Waals surface area contributed by atoms with E-state index in [0.29, 0.717) is 18.1 Å². The minimum atomic E-state index is 0.221. The molecule has 0 saturated carbocycles. The van der Waals surface area contributed by atoms with Crippen molar-refractivity contribution in [3.8, 4) is 17.7 Å². The maximum absolute atomic E-state index is 8.66. The van der Waals surface area contributed by atoms with Gasteiger partial charge in [-0.2, -0.15) is 10.2 Å². The molecule has 0 spiro atoms. The first kappa shape index (κ1) is 14.8. The number of hydrogen-bond acceptors (Lipinski definition) is 5. The van der Waals surface area contributed by atoms with Gasteiger partial charge in [0.05, 0.1) is 12.5 Å². The van der Waals surface area contributed by atoms with Crippen LogP contribution < -0.4 is 10.1 Å². The smallest absolute Gasteiger partial charge is 0.224 e. The largest absolute Gasteiger partial charge is 0.439 e. The molecule has 0 aliphatic rings. The van der Waals surface area contributed by atoms with E-state index in [0.717, 1.165) is 17.2 Å². The first-order chi connectivity index (χ1) is 10.1. The number of nitriles is 1. The lowest BCUT2D eigenvalue weighted by molar-refractivity contribution is 0.457. The van der Waals surface area contributed by atoms with Gasteiger partial charge in [-0.25, -0.2) is 4.98 Å². The molecule has 0 saturated heterocycles. The van der Waals surface area contributed by atoms with E-state index in [2.05, 4.69) is 21.4 Å². The fourth-order valence-corrected chi connectivity index (χ4v) is 1.77. The SMILES string of the molecule is CNc1cc(Oc2ccc(CC#N)cc2)nc(C(C)C)n1. The lowest BCUT2D eigenvalue weighted by Gasteiger charge is -2.11. The van der Waals surface area contributed by atoms with Gasteiger partial charge >= 0.3 is 0 Å². The highest BCUT2D eigenvalue weighted by molar-refractivity contribution is 5.40. The summed E-state index contributed by atoms with van der Waals surface area (Å²) >= 11 is 0. The second-order valence-corrected chi connectivity index (χ2v) is 4.94. The van der Waals surface area contributed by atoms with Crippen LogP contribution in [0, 0.1) is 11.3 Å².